The van der Waals surface area contributed by atoms with Crippen molar-refractivity contribution < 1.29 is 27.5 Å². The molecule has 0 saturated carbocycles. The molecule has 3 rings (SSSR count). The van der Waals surface area contributed by atoms with Crippen LogP contribution in [-0.4, -0.2) is 33.4 Å². The van der Waals surface area contributed by atoms with Gasteiger partial charge in [0, 0.05) is 17.3 Å². The maximum absolute atomic E-state index is 12.3. The molecule has 0 spiro atoms. The molecule has 0 saturated heterocycles. The molecule has 0 bridgehead atoms. The van der Waals surface area contributed by atoms with Crippen LogP contribution in [0.1, 0.15) is 17.3 Å². The Kier molecular flexibility index (Phi) is 4.92. The zero-order chi connectivity index (χ0) is 18.7. The summed E-state index contributed by atoms with van der Waals surface area (Å²) < 4.78 is 37.1. The minimum Gasteiger partial charge on any atom is -0.454 e. The van der Waals surface area contributed by atoms with Gasteiger partial charge in [-0.1, -0.05) is 0 Å². The Bertz CT molecular complexity index is 954. The zero-order valence-corrected chi connectivity index (χ0v) is 14.6. The molecule has 8 nitrogen and oxygen atoms in total. The molecule has 2 aromatic carbocycles. The Morgan fingerprint density at radius 1 is 1.04 bits per heavy atom. The van der Waals surface area contributed by atoms with Crippen molar-refractivity contribution in [1.82, 2.24) is 4.72 Å². The first kappa shape index (κ1) is 17.9. The van der Waals surface area contributed by atoms with E-state index in [1.807, 2.05) is 0 Å². The van der Waals surface area contributed by atoms with E-state index in [1.54, 1.807) is 24.3 Å². The molecular weight excluding hydrogens is 360 g/mol. The first-order valence-corrected chi connectivity index (χ1v) is 9.14. The van der Waals surface area contributed by atoms with Crippen LogP contribution in [0.15, 0.2) is 47.4 Å². The van der Waals surface area contributed by atoms with Crippen LogP contribution >= 0.6 is 0 Å². The summed E-state index contributed by atoms with van der Waals surface area (Å²) in [5, 5.41) is 2.55. The highest BCUT2D eigenvalue weighted by Crippen LogP contribution is 2.33. The van der Waals surface area contributed by atoms with Crippen molar-refractivity contribution in [3.63, 3.8) is 0 Å². The molecule has 0 atom stereocenters. The van der Waals surface area contributed by atoms with E-state index in [4.69, 9.17) is 9.47 Å². The molecule has 26 heavy (non-hydrogen) atoms. The number of sulfonamides is 1. The number of ketones is 1. The van der Waals surface area contributed by atoms with Gasteiger partial charge < -0.3 is 14.8 Å². The molecule has 0 radical (unpaired) electrons. The van der Waals surface area contributed by atoms with Crippen molar-refractivity contribution in [1.29, 1.82) is 0 Å². The number of ether oxygens (including phenoxy) is 2. The Balaban J connectivity index is 1.60. The fourth-order valence-electron chi connectivity index (χ4n) is 2.28. The Morgan fingerprint density at radius 2 is 1.73 bits per heavy atom. The molecule has 136 valence electrons. The Labute approximate surface area is 150 Å². The predicted octanol–water partition coefficient (Wildman–Crippen LogP) is 1.53. The number of fused-ring (bicyclic) bond motifs is 1. The second-order valence-electron chi connectivity index (χ2n) is 5.52. The van der Waals surface area contributed by atoms with E-state index in [0.29, 0.717) is 22.7 Å². The van der Waals surface area contributed by atoms with Crippen molar-refractivity contribution in [3.8, 4) is 11.5 Å². The van der Waals surface area contributed by atoms with Crippen LogP contribution in [-0.2, 0) is 14.8 Å². The molecule has 1 heterocycles. The number of carbonyl (C=O) groups excluding carboxylic acids is 2. The predicted molar refractivity (Wildman–Crippen MR) is 92.8 cm³/mol. The van der Waals surface area contributed by atoms with Crippen LogP contribution in [0.3, 0.4) is 0 Å². The topological polar surface area (TPSA) is 111 Å². The lowest BCUT2D eigenvalue weighted by Gasteiger charge is -2.09. The maximum Gasteiger partial charge on any atom is 0.241 e. The van der Waals surface area contributed by atoms with Gasteiger partial charge in [-0.2, -0.15) is 0 Å². The third kappa shape index (κ3) is 4.01. The first-order valence-electron chi connectivity index (χ1n) is 7.65. The number of Topliss-reactive ketones (excluding diaryl/α,β-unsaturated/α-hetero) is 1. The summed E-state index contributed by atoms with van der Waals surface area (Å²) in [5.41, 5.74) is 0.980. The minimum absolute atomic E-state index is 0.0274. The summed E-state index contributed by atoms with van der Waals surface area (Å²) in [4.78, 5) is 23.1. The number of nitrogens with one attached hydrogen (secondary N) is 2. The molecule has 1 amide bonds. The summed E-state index contributed by atoms with van der Waals surface area (Å²) in [7, 11) is -3.88. The standard InChI is InChI=1S/C17H16N2O6S/c1-11(20)12-2-4-13(5-3-12)19-17(21)9-18-26(22,23)14-6-7-15-16(8-14)25-10-24-15/h2-8,18H,9-10H2,1H3,(H,19,21). The Hall–Kier alpha value is -2.91. The molecule has 9 heteroatoms. The number of hydrogen-bond acceptors (Lipinski definition) is 6. The van der Waals surface area contributed by atoms with Gasteiger partial charge in [0.1, 0.15) is 0 Å². The van der Waals surface area contributed by atoms with Gasteiger partial charge in [-0.25, -0.2) is 13.1 Å². The number of carbonyl (C=O) groups is 2. The monoisotopic (exact) mass is 376 g/mol. The number of rotatable bonds is 6. The average Bonchev–Trinajstić information content (AvgIpc) is 3.08. The lowest BCUT2D eigenvalue weighted by Crippen LogP contribution is -2.32. The molecule has 0 aromatic heterocycles. The fraction of sp³-hybridized carbons (Fsp3) is 0.176. The van der Waals surface area contributed by atoms with Crippen molar-refractivity contribution in [3.05, 3.63) is 48.0 Å². The molecular formula is C17H16N2O6S. The molecule has 2 aromatic rings. The van der Waals surface area contributed by atoms with Crippen molar-refractivity contribution in [2.75, 3.05) is 18.7 Å². The van der Waals surface area contributed by atoms with Gasteiger partial charge in [0.2, 0.25) is 22.7 Å². The summed E-state index contributed by atoms with van der Waals surface area (Å²) >= 11 is 0. The van der Waals surface area contributed by atoms with E-state index >= 15 is 0 Å². The SMILES string of the molecule is CC(=O)c1ccc(NC(=O)CNS(=O)(=O)c2ccc3c(c2)OCO3)cc1. The third-order valence-electron chi connectivity index (χ3n) is 3.65. The number of benzene rings is 2. The van der Waals surface area contributed by atoms with Crippen LogP contribution in [0, 0.1) is 0 Å². The normalized spacial score (nSPS) is 12.7. The maximum atomic E-state index is 12.3. The van der Waals surface area contributed by atoms with Crippen LogP contribution in [0.4, 0.5) is 5.69 Å². The van der Waals surface area contributed by atoms with E-state index in [1.165, 1.54) is 25.1 Å². The highest BCUT2D eigenvalue weighted by atomic mass is 32.2. The van der Waals surface area contributed by atoms with Gasteiger partial charge >= 0.3 is 0 Å². The van der Waals surface area contributed by atoms with E-state index in [2.05, 4.69) is 10.0 Å². The summed E-state index contributed by atoms with van der Waals surface area (Å²) in [5.74, 6) is 0.183. The van der Waals surface area contributed by atoms with Gasteiger partial charge in [-0.3, -0.25) is 9.59 Å². The molecule has 1 aliphatic heterocycles. The highest BCUT2D eigenvalue weighted by Gasteiger charge is 2.20. The zero-order valence-electron chi connectivity index (χ0n) is 13.8. The van der Waals surface area contributed by atoms with Crippen molar-refractivity contribution in [2.24, 2.45) is 0 Å². The molecule has 0 aliphatic carbocycles. The van der Waals surface area contributed by atoms with Gasteiger partial charge in [0.15, 0.2) is 17.3 Å². The average molecular weight is 376 g/mol. The molecule has 2 N–H and O–H groups in total. The Morgan fingerprint density at radius 3 is 2.42 bits per heavy atom. The quantitative estimate of drug-likeness (QED) is 0.740. The molecule has 0 fully saturated rings. The summed E-state index contributed by atoms with van der Waals surface area (Å²) in [6.45, 7) is 1.04. The molecule has 1 aliphatic rings. The van der Waals surface area contributed by atoms with Crippen molar-refractivity contribution in [2.45, 2.75) is 11.8 Å². The molecule has 0 unspecified atom stereocenters. The van der Waals surface area contributed by atoms with Gasteiger partial charge in [-0.05, 0) is 43.3 Å². The lowest BCUT2D eigenvalue weighted by molar-refractivity contribution is -0.115. The van der Waals surface area contributed by atoms with Crippen LogP contribution < -0.4 is 19.5 Å². The van der Waals surface area contributed by atoms with E-state index < -0.39 is 22.5 Å². The number of hydrogen-bond donors (Lipinski definition) is 2. The summed E-state index contributed by atoms with van der Waals surface area (Å²) in [6, 6.07) is 10.5. The van der Waals surface area contributed by atoms with Crippen LogP contribution in [0.25, 0.3) is 0 Å². The minimum atomic E-state index is -3.88. The second kappa shape index (κ2) is 7.14. The van der Waals surface area contributed by atoms with E-state index in [-0.39, 0.29) is 17.5 Å². The smallest absolute Gasteiger partial charge is 0.241 e. The number of amides is 1. The highest BCUT2D eigenvalue weighted by molar-refractivity contribution is 7.89. The third-order valence-corrected chi connectivity index (χ3v) is 5.05. The van der Waals surface area contributed by atoms with Gasteiger partial charge in [-0.15, -0.1) is 0 Å². The van der Waals surface area contributed by atoms with E-state index in [0.717, 1.165) is 0 Å². The van der Waals surface area contributed by atoms with Gasteiger partial charge in [0.25, 0.3) is 0 Å². The van der Waals surface area contributed by atoms with Gasteiger partial charge in [0.05, 0.1) is 11.4 Å². The van der Waals surface area contributed by atoms with Crippen LogP contribution in [0.5, 0.6) is 11.5 Å². The number of anilines is 1. The largest absolute Gasteiger partial charge is 0.454 e. The first-order chi connectivity index (χ1) is 12.3. The van der Waals surface area contributed by atoms with E-state index in [9.17, 15) is 18.0 Å². The second-order valence-corrected chi connectivity index (χ2v) is 7.29. The van der Waals surface area contributed by atoms with Crippen LogP contribution in [0.2, 0.25) is 0 Å². The van der Waals surface area contributed by atoms with Crippen molar-refractivity contribution >= 4 is 27.4 Å². The summed E-state index contributed by atoms with van der Waals surface area (Å²) in [6.07, 6.45) is 0. The fourth-order valence-corrected chi connectivity index (χ4v) is 3.28. The lowest BCUT2D eigenvalue weighted by atomic mass is 10.1.